The third-order valence-electron chi connectivity index (χ3n) is 3.40. The molecule has 0 aliphatic heterocycles. The van der Waals surface area contributed by atoms with Crippen LogP contribution in [-0.4, -0.2) is 43.6 Å². The molecular weight excluding hydrogens is 304 g/mol. The van der Waals surface area contributed by atoms with Gasteiger partial charge in [-0.2, -0.15) is 0 Å². The van der Waals surface area contributed by atoms with Gasteiger partial charge in [0.25, 0.3) is 5.91 Å². The fourth-order valence-corrected chi connectivity index (χ4v) is 4.15. The molecule has 2 heterocycles. The minimum atomic E-state index is -0.0170. The first kappa shape index (κ1) is 16.2. The smallest absolute Gasteiger partial charge is 0.261 e. The minimum absolute atomic E-state index is 0.0170. The number of hydrogen-bond donors (Lipinski definition) is 2. The van der Waals surface area contributed by atoms with Gasteiger partial charge < -0.3 is 15.5 Å². The average molecular weight is 326 g/mol. The van der Waals surface area contributed by atoms with Crippen LogP contribution in [-0.2, 0) is 0 Å². The summed E-state index contributed by atoms with van der Waals surface area (Å²) in [5, 5.41) is 7.07. The van der Waals surface area contributed by atoms with E-state index in [1.165, 1.54) is 11.3 Å². The molecule has 2 N–H and O–H groups in total. The van der Waals surface area contributed by atoms with Gasteiger partial charge in [-0.25, -0.2) is 4.98 Å². The molecule has 21 heavy (non-hydrogen) atoms. The summed E-state index contributed by atoms with van der Waals surface area (Å²) in [5.41, 5.74) is 0. The zero-order chi connectivity index (χ0) is 15.4. The van der Waals surface area contributed by atoms with Crippen molar-refractivity contribution in [2.24, 2.45) is 0 Å². The number of thiophene rings is 1. The zero-order valence-corrected chi connectivity index (χ0v) is 14.5. The third-order valence-corrected chi connectivity index (χ3v) is 5.62. The second-order valence-electron chi connectivity index (χ2n) is 4.85. The fourth-order valence-electron chi connectivity index (χ4n) is 1.90. The highest BCUT2D eigenvalue weighted by atomic mass is 32.1. The number of rotatable bonds is 7. The van der Waals surface area contributed by atoms with Crippen molar-refractivity contribution in [2.75, 3.05) is 31.6 Å². The Bertz CT molecular complexity index is 572. The molecule has 0 saturated carbocycles. The number of nitrogens with one attached hydrogen (secondary N) is 2. The van der Waals surface area contributed by atoms with Gasteiger partial charge in [0.2, 0.25) is 0 Å². The van der Waals surface area contributed by atoms with Gasteiger partial charge in [-0.3, -0.25) is 4.79 Å². The van der Waals surface area contributed by atoms with Gasteiger partial charge in [0.05, 0.1) is 9.58 Å². The van der Waals surface area contributed by atoms with Crippen molar-refractivity contribution < 1.29 is 4.79 Å². The fraction of sp³-hybridized carbons (Fsp3) is 0.571. The monoisotopic (exact) mass is 326 g/mol. The SMILES string of the molecule is CCN(CC)c1nc2sc(C(=O)NCC(C)NC)cc2s1. The molecule has 0 saturated heterocycles. The first-order valence-corrected chi connectivity index (χ1v) is 8.83. The number of hydrogen-bond acceptors (Lipinski definition) is 6. The largest absolute Gasteiger partial charge is 0.350 e. The maximum absolute atomic E-state index is 12.1. The number of thiazole rings is 1. The number of fused-ring (bicyclic) bond motifs is 1. The highest BCUT2D eigenvalue weighted by Gasteiger charge is 2.16. The molecule has 2 aromatic rings. The summed E-state index contributed by atoms with van der Waals surface area (Å²) >= 11 is 3.12. The Labute approximate surface area is 133 Å². The van der Waals surface area contributed by atoms with Gasteiger partial charge >= 0.3 is 0 Å². The van der Waals surface area contributed by atoms with E-state index in [9.17, 15) is 4.79 Å². The van der Waals surface area contributed by atoms with Crippen LogP contribution in [0.2, 0.25) is 0 Å². The van der Waals surface area contributed by atoms with Gasteiger partial charge in [-0.15, -0.1) is 11.3 Å². The Morgan fingerprint density at radius 2 is 2.10 bits per heavy atom. The van der Waals surface area contributed by atoms with Gasteiger partial charge in [-0.05, 0) is 33.9 Å². The van der Waals surface area contributed by atoms with Crippen molar-refractivity contribution in [3.8, 4) is 0 Å². The topological polar surface area (TPSA) is 57.3 Å². The highest BCUT2D eigenvalue weighted by molar-refractivity contribution is 7.29. The molecular formula is C14H22N4OS2. The van der Waals surface area contributed by atoms with E-state index in [1.54, 1.807) is 11.3 Å². The summed E-state index contributed by atoms with van der Waals surface area (Å²) in [6.45, 7) is 8.81. The lowest BCUT2D eigenvalue weighted by atomic mass is 10.3. The van der Waals surface area contributed by atoms with Crippen molar-refractivity contribution >= 4 is 43.2 Å². The lowest BCUT2D eigenvalue weighted by Crippen LogP contribution is -2.36. The summed E-state index contributed by atoms with van der Waals surface area (Å²) in [7, 11) is 1.89. The average Bonchev–Trinajstić information content (AvgIpc) is 3.04. The minimum Gasteiger partial charge on any atom is -0.350 e. The number of anilines is 1. The van der Waals surface area contributed by atoms with Crippen LogP contribution < -0.4 is 15.5 Å². The molecule has 1 amide bonds. The maximum atomic E-state index is 12.1. The Hall–Kier alpha value is -1.18. The number of nitrogens with zero attached hydrogens (tertiary/aromatic N) is 2. The van der Waals surface area contributed by atoms with Crippen LogP contribution in [0.15, 0.2) is 6.07 Å². The van der Waals surface area contributed by atoms with Crippen LogP contribution in [0.5, 0.6) is 0 Å². The standard InChI is InChI=1S/C14H22N4OS2/c1-5-18(6-2)14-17-13-11(21-14)7-10(20-13)12(19)16-8-9(3)15-4/h7,9,15H,5-6,8H2,1-4H3,(H,16,19). The third kappa shape index (κ3) is 3.72. The molecule has 2 aromatic heterocycles. The normalized spacial score (nSPS) is 12.6. The van der Waals surface area contributed by atoms with Gasteiger partial charge in [-0.1, -0.05) is 11.3 Å². The summed E-state index contributed by atoms with van der Waals surface area (Å²) in [6.07, 6.45) is 0. The van der Waals surface area contributed by atoms with Gasteiger partial charge in [0, 0.05) is 25.7 Å². The molecule has 1 atom stereocenters. The molecule has 116 valence electrons. The lowest BCUT2D eigenvalue weighted by molar-refractivity contribution is 0.0954. The van der Waals surface area contributed by atoms with Crippen LogP contribution in [0.25, 0.3) is 9.53 Å². The quantitative estimate of drug-likeness (QED) is 0.821. The van der Waals surface area contributed by atoms with E-state index in [0.717, 1.165) is 32.6 Å². The first-order valence-electron chi connectivity index (χ1n) is 7.19. The molecule has 0 aromatic carbocycles. The molecule has 1 unspecified atom stereocenters. The van der Waals surface area contributed by atoms with Crippen LogP contribution in [0.1, 0.15) is 30.4 Å². The first-order chi connectivity index (χ1) is 10.1. The Balaban J connectivity index is 2.09. The van der Waals surface area contributed by atoms with Crippen LogP contribution in [0, 0.1) is 0 Å². The molecule has 5 nitrogen and oxygen atoms in total. The van der Waals surface area contributed by atoms with E-state index < -0.39 is 0 Å². The number of amides is 1. The van der Waals surface area contributed by atoms with Crippen LogP contribution >= 0.6 is 22.7 Å². The number of carbonyl (C=O) groups excluding carboxylic acids is 1. The molecule has 0 fully saturated rings. The molecule has 0 aliphatic carbocycles. The van der Waals surface area contributed by atoms with Crippen LogP contribution in [0.3, 0.4) is 0 Å². The molecule has 0 spiro atoms. The summed E-state index contributed by atoms with van der Waals surface area (Å²) in [6, 6.07) is 2.21. The Morgan fingerprint density at radius 1 is 1.38 bits per heavy atom. The lowest BCUT2D eigenvalue weighted by Gasteiger charge is -2.16. The number of carbonyl (C=O) groups is 1. The van der Waals surface area contributed by atoms with E-state index >= 15 is 0 Å². The molecule has 0 aliphatic rings. The maximum Gasteiger partial charge on any atom is 0.261 e. The second-order valence-corrected chi connectivity index (χ2v) is 6.89. The Kier molecular flexibility index (Phi) is 5.55. The van der Waals surface area contributed by atoms with Crippen molar-refractivity contribution in [2.45, 2.75) is 26.8 Å². The van der Waals surface area contributed by atoms with Gasteiger partial charge in [0.15, 0.2) is 5.13 Å². The van der Waals surface area contributed by atoms with Crippen molar-refractivity contribution in [1.29, 1.82) is 0 Å². The van der Waals surface area contributed by atoms with Crippen molar-refractivity contribution in [1.82, 2.24) is 15.6 Å². The van der Waals surface area contributed by atoms with E-state index in [4.69, 9.17) is 0 Å². The van der Waals surface area contributed by atoms with Gasteiger partial charge in [0.1, 0.15) is 4.83 Å². The predicted octanol–water partition coefficient (Wildman–Crippen LogP) is 2.54. The number of likely N-dealkylation sites (N-methyl/N-ethyl adjacent to an activating group) is 1. The van der Waals surface area contributed by atoms with E-state index in [0.29, 0.717) is 6.54 Å². The van der Waals surface area contributed by atoms with Crippen LogP contribution in [0.4, 0.5) is 5.13 Å². The summed E-state index contributed by atoms with van der Waals surface area (Å²) in [5.74, 6) is -0.0170. The molecule has 7 heteroatoms. The predicted molar refractivity (Wildman–Crippen MR) is 91.9 cm³/mol. The summed E-state index contributed by atoms with van der Waals surface area (Å²) in [4.78, 5) is 20.7. The van der Waals surface area contributed by atoms with E-state index in [1.807, 2.05) is 20.0 Å². The summed E-state index contributed by atoms with van der Waals surface area (Å²) < 4.78 is 1.09. The number of aromatic nitrogens is 1. The van der Waals surface area contributed by atoms with Crippen molar-refractivity contribution in [3.63, 3.8) is 0 Å². The highest BCUT2D eigenvalue weighted by Crippen LogP contribution is 2.34. The van der Waals surface area contributed by atoms with E-state index in [-0.39, 0.29) is 11.9 Å². The van der Waals surface area contributed by atoms with Crippen molar-refractivity contribution in [3.05, 3.63) is 10.9 Å². The zero-order valence-electron chi connectivity index (χ0n) is 12.9. The molecule has 0 radical (unpaired) electrons. The van der Waals surface area contributed by atoms with E-state index in [2.05, 4.69) is 34.4 Å². The Morgan fingerprint density at radius 3 is 2.67 bits per heavy atom. The second kappa shape index (κ2) is 7.20. The molecule has 2 rings (SSSR count). The molecule has 0 bridgehead atoms.